The highest BCUT2D eigenvalue weighted by Crippen LogP contribution is 2.35. The molecular formula is C15H22N2O3. The zero-order chi connectivity index (χ0) is 14.6. The lowest BCUT2D eigenvalue weighted by atomic mass is 9.80. The van der Waals surface area contributed by atoms with Crippen molar-refractivity contribution in [1.82, 2.24) is 0 Å². The van der Waals surface area contributed by atoms with E-state index in [9.17, 15) is 4.79 Å². The third-order valence-electron chi connectivity index (χ3n) is 3.86. The minimum Gasteiger partial charge on any atom is -0.462 e. The van der Waals surface area contributed by atoms with Gasteiger partial charge in [0, 0.05) is 13.7 Å². The molecule has 0 saturated heterocycles. The van der Waals surface area contributed by atoms with Crippen LogP contribution in [-0.2, 0) is 9.47 Å². The minimum absolute atomic E-state index is 0.0909. The van der Waals surface area contributed by atoms with Crippen LogP contribution in [0.25, 0.3) is 0 Å². The summed E-state index contributed by atoms with van der Waals surface area (Å²) in [6, 6.07) is 5.12. The van der Waals surface area contributed by atoms with E-state index in [0.717, 1.165) is 18.5 Å². The Hall–Kier alpha value is -1.75. The van der Waals surface area contributed by atoms with Gasteiger partial charge >= 0.3 is 5.97 Å². The molecule has 3 N–H and O–H groups in total. The van der Waals surface area contributed by atoms with E-state index in [1.54, 1.807) is 32.2 Å². The highest BCUT2D eigenvalue weighted by molar-refractivity contribution is 5.92. The van der Waals surface area contributed by atoms with E-state index in [4.69, 9.17) is 15.2 Å². The summed E-state index contributed by atoms with van der Waals surface area (Å²) in [6.07, 6.45) is 3.29. The maximum Gasteiger partial charge on any atom is 0.338 e. The summed E-state index contributed by atoms with van der Waals surface area (Å²) in [6.45, 7) is 2.84. The summed E-state index contributed by atoms with van der Waals surface area (Å²) in [7, 11) is 1.74. The fraction of sp³-hybridized carbons (Fsp3) is 0.533. The van der Waals surface area contributed by atoms with Crippen LogP contribution in [0.5, 0.6) is 0 Å². The van der Waals surface area contributed by atoms with E-state index >= 15 is 0 Å². The number of anilines is 2. The Labute approximate surface area is 119 Å². The lowest BCUT2D eigenvalue weighted by molar-refractivity contribution is -0.0601. The van der Waals surface area contributed by atoms with Crippen molar-refractivity contribution < 1.29 is 14.3 Å². The summed E-state index contributed by atoms with van der Waals surface area (Å²) in [5, 5.41) is 3.29. The zero-order valence-corrected chi connectivity index (χ0v) is 12.1. The van der Waals surface area contributed by atoms with Gasteiger partial charge in [-0.3, -0.25) is 0 Å². The van der Waals surface area contributed by atoms with Crippen molar-refractivity contribution >= 4 is 17.3 Å². The molecule has 0 atom stereocenters. The van der Waals surface area contributed by atoms with Gasteiger partial charge in [-0.1, -0.05) is 0 Å². The SMILES string of the molecule is CCOC(=O)c1ccc(N)c(NCC2(OC)CCC2)c1. The summed E-state index contributed by atoms with van der Waals surface area (Å²) < 4.78 is 10.5. The van der Waals surface area contributed by atoms with Crippen molar-refractivity contribution in [2.45, 2.75) is 31.8 Å². The summed E-state index contributed by atoms with van der Waals surface area (Å²) in [5.74, 6) is -0.333. The van der Waals surface area contributed by atoms with Crippen molar-refractivity contribution in [1.29, 1.82) is 0 Å². The Balaban J connectivity index is 2.06. The molecule has 1 aliphatic carbocycles. The van der Waals surface area contributed by atoms with Gasteiger partial charge in [-0.2, -0.15) is 0 Å². The number of rotatable bonds is 6. The maximum absolute atomic E-state index is 11.7. The van der Waals surface area contributed by atoms with Gasteiger partial charge in [-0.05, 0) is 44.4 Å². The van der Waals surface area contributed by atoms with Crippen LogP contribution in [0, 0.1) is 0 Å². The Morgan fingerprint density at radius 1 is 1.45 bits per heavy atom. The fourth-order valence-corrected chi connectivity index (χ4v) is 2.33. The van der Waals surface area contributed by atoms with Gasteiger partial charge in [-0.25, -0.2) is 4.79 Å². The Kier molecular flexibility index (Phi) is 4.49. The number of carbonyl (C=O) groups excluding carboxylic acids is 1. The largest absolute Gasteiger partial charge is 0.462 e. The molecule has 5 heteroatoms. The number of esters is 1. The molecule has 0 heterocycles. The minimum atomic E-state index is -0.333. The molecule has 2 rings (SSSR count). The quantitative estimate of drug-likeness (QED) is 0.617. The van der Waals surface area contributed by atoms with Gasteiger partial charge in [0.2, 0.25) is 0 Å². The van der Waals surface area contributed by atoms with Crippen LogP contribution in [0.1, 0.15) is 36.5 Å². The molecule has 0 unspecified atom stereocenters. The van der Waals surface area contributed by atoms with Crippen molar-refractivity contribution in [3.8, 4) is 0 Å². The first-order valence-corrected chi connectivity index (χ1v) is 6.96. The molecule has 1 aromatic carbocycles. The number of carbonyl (C=O) groups is 1. The maximum atomic E-state index is 11.7. The van der Waals surface area contributed by atoms with E-state index in [-0.39, 0.29) is 11.6 Å². The first kappa shape index (κ1) is 14.7. The lowest BCUT2D eigenvalue weighted by Gasteiger charge is -2.40. The van der Waals surface area contributed by atoms with Crippen LogP contribution in [-0.4, -0.2) is 31.8 Å². The molecule has 0 amide bonds. The molecule has 0 aliphatic heterocycles. The smallest absolute Gasteiger partial charge is 0.338 e. The third-order valence-corrected chi connectivity index (χ3v) is 3.86. The Morgan fingerprint density at radius 2 is 2.20 bits per heavy atom. The molecule has 1 fully saturated rings. The highest BCUT2D eigenvalue weighted by atomic mass is 16.5. The molecule has 1 aromatic rings. The molecule has 1 saturated carbocycles. The standard InChI is InChI=1S/C15H22N2O3/c1-3-20-14(18)11-5-6-12(16)13(9-11)17-10-15(19-2)7-4-8-15/h5-6,9,17H,3-4,7-8,10,16H2,1-2H3. The molecule has 0 aromatic heterocycles. The summed E-state index contributed by atoms with van der Waals surface area (Å²) in [5.41, 5.74) is 7.71. The predicted octanol–water partition coefficient (Wildman–Crippen LogP) is 2.43. The van der Waals surface area contributed by atoms with E-state index in [2.05, 4.69) is 5.32 Å². The van der Waals surface area contributed by atoms with Gasteiger partial charge < -0.3 is 20.5 Å². The van der Waals surface area contributed by atoms with E-state index in [1.165, 1.54) is 6.42 Å². The van der Waals surface area contributed by atoms with Crippen molar-refractivity contribution in [3.05, 3.63) is 23.8 Å². The average molecular weight is 278 g/mol. The van der Waals surface area contributed by atoms with Crippen molar-refractivity contribution in [2.24, 2.45) is 0 Å². The van der Waals surface area contributed by atoms with E-state index in [0.29, 0.717) is 24.4 Å². The average Bonchev–Trinajstić information content (AvgIpc) is 2.40. The van der Waals surface area contributed by atoms with Crippen LogP contribution < -0.4 is 11.1 Å². The van der Waals surface area contributed by atoms with Gasteiger partial charge in [-0.15, -0.1) is 0 Å². The second-order valence-electron chi connectivity index (χ2n) is 5.12. The van der Waals surface area contributed by atoms with Crippen molar-refractivity contribution in [3.63, 3.8) is 0 Å². The molecule has 0 spiro atoms. The van der Waals surface area contributed by atoms with E-state index in [1.807, 2.05) is 0 Å². The van der Waals surface area contributed by atoms with Crippen LogP contribution in [0.3, 0.4) is 0 Å². The van der Waals surface area contributed by atoms with Gasteiger partial charge in [0.1, 0.15) is 0 Å². The lowest BCUT2D eigenvalue weighted by Crippen LogP contribution is -2.45. The molecular weight excluding hydrogens is 256 g/mol. The second kappa shape index (κ2) is 6.13. The van der Waals surface area contributed by atoms with Crippen LogP contribution in [0.2, 0.25) is 0 Å². The predicted molar refractivity (Wildman–Crippen MR) is 78.9 cm³/mol. The van der Waals surface area contributed by atoms with Gasteiger partial charge in [0.05, 0.1) is 29.1 Å². The van der Waals surface area contributed by atoms with E-state index < -0.39 is 0 Å². The number of hydrogen-bond donors (Lipinski definition) is 2. The monoisotopic (exact) mass is 278 g/mol. The van der Waals surface area contributed by atoms with Gasteiger partial charge in [0.15, 0.2) is 0 Å². The zero-order valence-electron chi connectivity index (χ0n) is 12.1. The number of nitrogens with two attached hydrogens (primary N) is 1. The number of hydrogen-bond acceptors (Lipinski definition) is 5. The first-order valence-electron chi connectivity index (χ1n) is 6.96. The van der Waals surface area contributed by atoms with Crippen LogP contribution >= 0.6 is 0 Å². The Morgan fingerprint density at radius 3 is 2.75 bits per heavy atom. The number of benzene rings is 1. The summed E-state index contributed by atoms with van der Waals surface area (Å²) in [4.78, 5) is 11.7. The molecule has 20 heavy (non-hydrogen) atoms. The van der Waals surface area contributed by atoms with Crippen molar-refractivity contribution in [2.75, 3.05) is 31.3 Å². The topological polar surface area (TPSA) is 73.6 Å². The van der Waals surface area contributed by atoms with Crippen LogP contribution in [0.15, 0.2) is 18.2 Å². The highest BCUT2D eigenvalue weighted by Gasteiger charge is 2.36. The Bertz CT molecular complexity index is 478. The molecule has 0 bridgehead atoms. The number of methoxy groups -OCH3 is 1. The number of nitrogens with one attached hydrogen (secondary N) is 1. The molecule has 1 aliphatic rings. The van der Waals surface area contributed by atoms with Crippen LogP contribution in [0.4, 0.5) is 11.4 Å². The molecule has 110 valence electrons. The summed E-state index contributed by atoms with van der Waals surface area (Å²) >= 11 is 0. The normalized spacial score (nSPS) is 16.3. The fourth-order valence-electron chi connectivity index (χ4n) is 2.33. The van der Waals surface area contributed by atoms with Gasteiger partial charge in [0.25, 0.3) is 0 Å². The second-order valence-corrected chi connectivity index (χ2v) is 5.12. The third kappa shape index (κ3) is 3.04. The molecule has 5 nitrogen and oxygen atoms in total. The number of ether oxygens (including phenoxy) is 2. The number of nitrogen functional groups attached to an aromatic ring is 1. The first-order chi connectivity index (χ1) is 9.60. The molecule has 0 radical (unpaired) electrons.